The molecule has 0 aliphatic rings. The molecule has 0 aliphatic heterocycles. The van der Waals surface area contributed by atoms with Crippen molar-refractivity contribution < 1.29 is 4.74 Å². The molecule has 2 N–H and O–H groups in total. The molecule has 0 spiro atoms. The second-order valence-electron chi connectivity index (χ2n) is 5.39. The molecule has 0 saturated heterocycles. The van der Waals surface area contributed by atoms with Crippen molar-refractivity contribution in [3.63, 3.8) is 0 Å². The van der Waals surface area contributed by atoms with Gasteiger partial charge in [-0.15, -0.1) is 0 Å². The van der Waals surface area contributed by atoms with Crippen LogP contribution in [0.1, 0.15) is 51.1 Å². The molecule has 3 heteroatoms. The summed E-state index contributed by atoms with van der Waals surface area (Å²) in [4.78, 5) is 2.50. The zero-order valence-corrected chi connectivity index (χ0v) is 13.3. The maximum Gasteiger partial charge on any atom is 0.118 e. The minimum Gasteiger partial charge on any atom is -0.497 e. The largest absolute Gasteiger partial charge is 0.497 e. The van der Waals surface area contributed by atoms with Crippen LogP contribution in [0.2, 0.25) is 0 Å². The van der Waals surface area contributed by atoms with Crippen LogP contribution in [0.25, 0.3) is 0 Å². The van der Waals surface area contributed by atoms with Crippen LogP contribution in [0, 0.1) is 0 Å². The van der Waals surface area contributed by atoms with E-state index in [4.69, 9.17) is 10.5 Å². The highest BCUT2D eigenvalue weighted by Crippen LogP contribution is 2.17. The Hall–Kier alpha value is -1.06. The van der Waals surface area contributed by atoms with Gasteiger partial charge in [0.05, 0.1) is 7.11 Å². The molecular weight excluding hydrogens is 248 g/mol. The van der Waals surface area contributed by atoms with E-state index in [9.17, 15) is 0 Å². The van der Waals surface area contributed by atoms with Gasteiger partial charge in [-0.2, -0.15) is 0 Å². The first-order valence-corrected chi connectivity index (χ1v) is 7.83. The zero-order chi connectivity index (χ0) is 14.8. The normalized spacial score (nSPS) is 12.7. The number of methoxy groups -OCH3 is 1. The van der Waals surface area contributed by atoms with Gasteiger partial charge in [-0.25, -0.2) is 0 Å². The number of rotatable bonds is 10. The van der Waals surface area contributed by atoms with E-state index in [2.05, 4.69) is 30.9 Å². The highest BCUT2D eigenvalue weighted by atomic mass is 16.5. The molecule has 0 amide bonds. The third-order valence-corrected chi connectivity index (χ3v) is 3.65. The van der Waals surface area contributed by atoms with Crippen molar-refractivity contribution in [2.45, 2.75) is 45.6 Å². The molecule has 1 atom stereocenters. The topological polar surface area (TPSA) is 38.5 Å². The Bertz CT molecular complexity index is 343. The highest BCUT2D eigenvalue weighted by molar-refractivity contribution is 5.29. The lowest BCUT2D eigenvalue weighted by molar-refractivity contribution is 0.250. The standard InChI is InChI=1S/C17H30N2O/c1-4-6-12-19(13-7-5-2)14-17(18)15-8-10-16(20-3)11-9-15/h8-11,17H,4-7,12-14,18H2,1-3H3. The van der Waals surface area contributed by atoms with Crippen LogP contribution in [-0.4, -0.2) is 31.6 Å². The van der Waals surface area contributed by atoms with Gasteiger partial charge in [-0.05, 0) is 43.6 Å². The average molecular weight is 278 g/mol. The van der Waals surface area contributed by atoms with Gasteiger partial charge in [-0.3, -0.25) is 0 Å². The highest BCUT2D eigenvalue weighted by Gasteiger charge is 2.12. The van der Waals surface area contributed by atoms with Gasteiger partial charge >= 0.3 is 0 Å². The van der Waals surface area contributed by atoms with Gasteiger partial charge in [0.2, 0.25) is 0 Å². The average Bonchev–Trinajstić information content (AvgIpc) is 2.49. The van der Waals surface area contributed by atoms with Gasteiger partial charge in [0.15, 0.2) is 0 Å². The molecule has 3 nitrogen and oxygen atoms in total. The van der Waals surface area contributed by atoms with E-state index in [1.807, 2.05) is 12.1 Å². The summed E-state index contributed by atoms with van der Waals surface area (Å²) in [7, 11) is 1.69. The van der Waals surface area contributed by atoms with Crippen LogP contribution in [-0.2, 0) is 0 Å². The summed E-state index contributed by atoms with van der Waals surface area (Å²) in [6.45, 7) is 7.72. The Morgan fingerprint density at radius 1 is 1.05 bits per heavy atom. The van der Waals surface area contributed by atoms with Crippen molar-refractivity contribution in [2.75, 3.05) is 26.7 Å². The molecule has 0 heterocycles. The number of nitrogens with zero attached hydrogens (tertiary/aromatic N) is 1. The molecule has 0 bridgehead atoms. The number of unbranched alkanes of at least 4 members (excludes halogenated alkanes) is 2. The monoisotopic (exact) mass is 278 g/mol. The predicted octanol–water partition coefficient (Wildman–Crippen LogP) is 3.60. The Labute approximate surface area is 124 Å². The number of ether oxygens (including phenoxy) is 1. The van der Waals surface area contributed by atoms with Crippen LogP contribution in [0.5, 0.6) is 5.75 Å². The first-order valence-electron chi connectivity index (χ1n) is 7.83. The molecule has 0 radical (unpaired) electrons. The molecular formula is C17H30N2O. The number of nitrogens with two attached hydrogens (primary N) is 1. The first kappa shape index (κ1) is 17.0. The van der Waals surface area contributed by atoms with Crippen molar-refractivity contribution in [2.24, 2.45) is 5.73 Å². The lowest BCUT2D eigenvalue weighted by Gasteiger charge is -2.25. The summed E-state index contributed by atoms with van der Waals surface area (Å²) < 4.78 is 5.19. The number of benzene rings is 1. The lowest BCUT2D eigenvalue weighted by atomic mass is 10.1. The maximum atomic E-state index is 6.35. The molecule has 1 rings (SSSR count). The first-order chi connectivity index (χ1) is 9.71. The van der Waals surface area contributed by atoms with Crippen molar-refractivity contribution in [3.05, 3.63) is 29.8 Å². The smallest absolute Gasteiger partial charge is 0.118 e. The quantitative estimate of drug-likeness (QED) is 0.710. The van der Waals surface area contributed by atoms with Crippen LogP contribution in [0.3, 0.4) is 0 Å². The third kappa shape index (κ3) is 5.93. The summed E-state index contributed by atoms with van der Waals surface area (Å²) in [5.74, 6) is 0.884. The third-order valence-electron chi connectivity index (χ3n) is 3.65. The molecule has 1 aromatic carbocycles. The van der Waals surface area contributed by atoms with Crippen LogP contribution in [0.15, 0.2) is 24.3 Å². The fourth-order valence-corrected chi connectivity index (χ4v) is 2.29. The molecule has 1 aromatic rings. The van der Waals surface area contributed by atoms with E-state index >= 15 is 0 Å². The van der Waals surface area contributed by atoms with Gasteiger partial charge in [0.1, 0.15) is 5.75 Å². The predicted molar refractivity (Wildman–Crippen MR) is 86.2 cm³/mol. The molecule has 114 valence electrons. The van der Waals surface area contributed by atoms with Crippen LogP contribution in [0.4, 0.5) is 0 Å². The minimum absolute atomic E-state index is 0.0784. The van der Waals surface area contributed by atoms with Gasteiger partial charge in [0, 0.05) is 12.6 Å². The summed E-state index contributed by atoms with van der Waals surface area (Å²) >= 11 is 0. The molecule has 0 aromatic heterocycles. The van der Waals surface area contributed by atoms with Crippen LogP contribution < -0.4 is 10.5 Å². The fraction of sp³-hybridized carbons (Fsp3) is 0.647. The van der Waals surface area contributed by atoms with Gasteiger partial charge in [0.25, 0.3) is 0 Å². The van der Waals surface area contributed by atoms with E-state index < -0.39 is 0 Å². The van der Waals surface area contributed by atoms with Crippen LogP contribution >= 0.6 is 0 Å². The summed E-state index contributed by atoms with van der Waals surface area (Å²) in [5.41, 5.74) is 7.53. The minimum atomic E-state index is 0.0784. The van der Waals surface area contributed by atoms with E-state index in [1.54, 1.807) is 7.11 Å². The SMILES string of the molecule is CCCCN(CCCC)CC(N)c1ccc(OC)cc1. The zero-order valence-electron chi connectivity index (χ0n) is 13.3. The van der Waals surface area contributed by atoms with E-state index in [0.717, 1.165) is 25.4 Å². The fourth-order valence-electron chi connectivity index (χ4n) is 2.29. The van der Waals surface area contributed by atoms with Gasteiger partial charge < -0.3 is 15.4 Å². The van der Waals surface area contributed by atoms with Crippen molar-refractivity contribution in [1.82, 2.24) is 4.90 Å². The van der Waals surface area contributed by atoms with Gasteiger partial charge in [-0.1, -0.05) is 38.8 Å². The summed E-state index contributed by atoms with van der Waals surface area (Å²) in [6, 6.07) is 8.19. The number of hydrogen-bond donors (Lipinski definition) is 1. The second-order valence-corrected chi connectivity index (χ2v) is 5.39. The summed E-state index contributed by atoms with van der Waals surface area (Å²) in [6.07, 6.45) is 4.97. The van der Waals surface area contributed by atoms with E-state index in [1.165, 1.54) is 31.2 Å². The second kappa shape index (κ2) is 9.78. The number of hydrogen-bond acceptors (Lipinski definition) is 3. The Morgan fingerprint density at radius 3 is 2.05 bits per heavy atom. The molecule has 0 saturated carbocycles. The van der Waals surface area contributed by atoms with Crippen molar-refractivity contribution in [1.29, 1.82) is 0 Å². The Balaban J connectivity index is 2.55. The van der Waals surface area contributed by atoms with Crippen molar-refractivity contribution in [3.8, 4) is 5.75 Å². The maximum absolute atomic E-state index is 6.35. The molecule has 20 heavy (non-hydrogen) atoms. The molecule has 0 aliphatic carbocycles. The van der Waals surface area contributed by atoms with E-state index in [-0.39, 0.29) is 6.04 Å². The Kier molecular flexibility index (Phi) is 8.31. The summed E-state index contributed by atoms with van der Waals surface area (Å²) in [5, 5.41) is 0. The molecule has 1 unspecified atom stereocenters. The van der Waals surface area contributed by atoms with Crippen molar-refractivity contribution >= 4 is 0 Å². The molecule has 0 fully saturated rings. The lowest BCUT2D eigenvalue weighted by Crippen LogP contribution is -2.33. The van der Waals surface area contributed by atoms with E-state index in [0.29, 0.717) is 0 Å². The Morgan fingerprint density at radius 2 is 1.60 bits per heavy atom.